The second-order valence-electron chi connectivity index (χ2n) is 3.93. The maximum absolute atomic E-state index is 4.23. The van der Waals surface area contributed by atoms with Gasteiger partial charge in [0.15, 0.2) is 0 Å². The maximum atomic E-state index is 4.23. The van der Waals surface area contributed by atoms with Crippen LogP contribution >= 0.6 is 0 Å². The first-order valence-electron chi connectivity index (χ1n) is 5.20. The SMILES string of the molecule is CC(C)N(C=Nc1ncccn1)C(C)C. The van der Waals surface area contributed by atoms with Gasteiger partial charge in [-0.2, -0.15) is 0 Å². The molecule has 0 saturated carbocycles. The molecule has 0 radical (unpaired) electrons. The molecule has 15 heavy (non-hydrogen) atoms. The highest BCUT2D eigenvalue weighted by Crippen LogP contribution is 2.04. The van der Waals surface area contributed by atoms with Gasteiger partial charge in [0.2, 0.25) is 0 Å². The monoisotopic (exact) mass is 206 g/mol. The lowest BCUT2D eigenvalue weighted by atomic mass is 10.2. The van der Waals surface area contributed by atoms with Gasteiger partial charge in [-0.3, -0.25) is 0 Å². The van der Waals surface area contributed by atoms with Gasteiger partial charge in [0, 0.05) is 24.5 Å². The summed E-state index contributed by atoms with van der Waals surface area (Å²) in [6.45, 7) is 8.55. The first kappa shape index (κ1) is 11.6. The summed E-state index contributed by atoms with van der Waals surface area (Å²) in [4.78, 5) is 14.5. The second-order valence-corrected chi connectivity index (χ2v) is 3.93. The molecule has 1 rings (SSSR count). The van der Waals surface area contributed by atoms with E-state index < -0.39 is 0 Å². The Morgan fingerprint density at radius 2 is 1.67 bits per heavy atom. The van der Waals surface area contributed by atoms with Crippen molar-refractivity contribution >= 4 is 12.3 Å². The summed E-state index contributed by atoms with van der Waals surface area (Å²) in [5.74, 6) is 0.504. The van der Waals surface area contributed by atoms with E-state index in [0.29, 0.717) is 18.0 Å². The van der Waals surface area contributed by atoms with Crippen LogP contribution in [-0.4, -0.2) is 33.3 Å². The summed E-state index contributed by atoms with van der Waals surface area (Å²) in [6.07, 6.45) is 5.19. The molecule has 0 aliphatic rings. The Bertz CT molecular complexity index is 298. The van der Waals surface area contributed by atoms with Crippen LogP contribution in [0.15, 0.2) is 23.5 Å². The average Bonchev–Trinajstić information content (AvgIpc) is 2.18. The number of aliphatic imine (C=N–C) groups is 1. The summed E-state index contributed by atoms with van der Waals surface area (Å²) in [6, 6.07) is 2.64. The van der Waals surface area contributed by atoms with Gasteiger partial charge in [0.1, 0.15) is 0 Å². The van der Waals surface area contributed by atoms with Crippen molar-refractivity contribution in [3.8, 4) is 0 Å². The molecule has 0 bridgehead atoms. The predicted octanol–water partition coefficient (Wildman–Crippen LogP) is 2.26. The third kappa shape index (κ3) is 3.65. The van der Waals surface area contributed by atoms with Crippen LogP contribution in [0, 0.1) is 0 Å². The summed E-state index contributed by atoms with van der Waals surface area (Å²) >= 11 is 0. The van der Waals surface area contributed by atoms with E-state index >= 15 is 0 Å². The summed E-state index contributed by atoms with van der Waals surface area (Å²) in [7, 11) is 0. The lowest BCUT2D eigenvalue weighted by Gasteiger charge is -2.27. The van der Waals surface area contributed by atoms with Crippen molar-refractivity contribution < 1.29 is 0 Å². The lowest BCUT2D eigenvalue weighted by Crippen LogP contribution is -2.35. The van der Waals surface area contributed by atoms with Crippen molar-refractivity contribution in [3.05, 3.63) is 18.5 Å². The Hall–Kier alpha value is -1.45. The minimum atomic E-state index is 0.428. The van der Waals surface area contributed by atoms with E-state index in [9.17, 15) is 0 Å². The quantitative estimate of drug-likeness (QED) is 0.560. The molecular formula is C11H18N4. The van der Waals surface area contributed by atoms with Gasteiger partial charge in [-0.25, -0.2) is 15.0 Å². The highest BCUT2D eigenvalue weighted by Gasteiger charge is 2.08. The van der Waals surface area contributed by atoms with Crippen LogP contribution in [-0.2, 0) is 0 Å². The van der Waals surface area contributed by atoms with Gasteiger partial charge in [0.25, 0.3) is 5.95 Å². The molecule has 1 heterocycles. The zero-order valence-electron chi connectivity index (χ0n) is 9.75. The molecule has 0 N–H and O–H groups in total. The topological polar surface area (TPSA) is 41.4 Å². The lowest BCUT2D eigenvalue weighted by molar-refractivity contribution is 0.301. The van der Waals surface area contributed by atoms with Crippen molar-refractivity contribution in [1.29, 1.82) is 0 Å². The Morgan fingerprint density at radius 1 is 1.13 bits per heavy atom. The molecule has 82 valence electrons. The Labute approximate surface area is 91.1 Å². The van der Waals surface area contributed by atoms with Gasteiger partial charge in [-0.1, -0.05) is 0 Å². The molecule has 1 aromatic rings. The van der Waals surface area contributed by atoms with Crippen molar-refractivity contribution in [3.63, 3.8) is 0 Å². The molecule has 0 amide bonds. The molecule has 0 aromatic carbocycles. The summed E-state index contributed by atoms with van der Waals surface area (Å²) in [5.41, 5.74) is 0. The average molecular weight is 206 g/mol. The van der Waals surface area contributed by atoms with Gasteiger partial charge in [-0.15, -0.1) is 0 Å². The van der Waals surface area contributed by atoms with E-state index in [2.05, 4.69) is 47.6 Å². The molecular weight excluding hydrogens is 188 g/mol. The fourth-order valence-electron chi connectivity index (χ4n) is 1.34. The minimum Gasteiger partial charge on any atom is -0.358 e. The molecule has 4 nitrogen and oxygen atoms in total. The Kier molecular flexibility index (Phi) is 4.21. The molecule has 0 unspecified atom stereocenters. The van der Waals surface area contributed by atoms with E-state index in [1.807, 2.05) is 6.34 Å². The van der Waals surface area contributed by atoms with Gasteiger partial charge in [0.05, 0.1) is 6.34 Å². The first-order valence-corrected chi connectivity index (χ1v) is 5.20. The summed E-state index contributed by atoms with van der Waals surface area (Å²) in [5, 5.41) is 0. The van der Waals surface area contributed by atoms with Gasteiger partial charge >= 0.3 is 0 Å². The Morgan fingerprint density at radius 3 is 2.13 bits per heavy atom. The van der Waals surface area contributed by atoms with Crippen LogP contribution in [0.4, 0.5) is 5.95 Å². The summed E-state index contributed by atoms with van der Waals surface area (Å²) < 4.78 is 0. The van der Waals surface area contributed by atoms with Crippen LogP contribution in [0.25, 0.3) is 0 Å². The first-order chi connectivity index (χ1) is 7.11. The van der Waals surface area contributed by atoms with Gasteiger partial charge in [-0.05, 0) is 33.8 Å². The largest absolute Gasteiger partial charge is 0.358 e. The van der Waals surface area contributed by atoms with Crippen LogP contribution in [0.3, 0.4) is 0 Å². The van der Waals surface area contributed by atoms with E-state index in [0.717, 1.165) is 0 Å². The third-order valence-electron chi connectivity index (χ3n) is 2.05. The van der Waals surface area contributed by atoms with Crippen molar-refractivity contribution in [1.82, 2.24) is 14.9 Å². The fourth-order valence-corrected chi connectivity index (χ4v) is 1.34. The van der Waals surface area contributed by atoms with Crippen LogP contribution in [0.5, 0.6) is 0 Å². The standard InChI is InChI=1S/C11H18N4/c1-9(2)15(10(3)4)8-14-11-12-6-5-7-13-11/h5-10H,1-4H3. The van der Waals surface area contributed by atoms with Gasteiger partial charge < -0.3 is 4.90 Å². The second kappa shape index (κ2) is 5.44. The number of hydrogen-bond donors (Lipinski definition) is 0. The van der Waals surface area contributed by atoms with E-state index in [1.54, 1.807) is 18.5 Å². The molecule has 0 saturated heterocycles. The normalized spacial score (nSPS) is 11.6. The number of hydrogen-bond acceptors (Lipinski definition) is 3. The van der Waals surface area contributed by atoms with Crippen molar-refractivity contribution in [2.45, 2.75) is 39.8 Å². The van der Waals surface area contributed by atoms with E-state index in [1.165, 1.54) is 0 Å². The van der Waals surface area contributed by atoms with Crippen molar-refractivity contribution in [2.75, 3.05) is 0 Å². The number of nitrogens with zero attached hydrogens (tertiary/aromatic N) is 4. The fraction of sp³-hybridized carbons (Fsp3) is 0.545. The van der Waals surface area contributed by atoms with E-state index in [4.69, 9.17) is 0 Å². The van der Waals surface area contributed by atoms with Crippen LogP contribution < -0.4 is 0 Å². The van der Waals surface area contributed by atoms with Crippen LogP contribution in [0.2, 0.25) is 0 Å². The third-order valence-corrected chi connectivity index (χ3v) is 2.05. The molecule has 0 spiro atoms. The number of aromatic nitrogens is 2. The zero-order valence-corrected chi connectivity index (χ0v) is 9.75. The Balaban J connectivity index is 2.70. The highest BCUT2D eigenvalue weighted by molar-refractivity contribution is 5.59. The predicted molar refractivity (Wildman–Crippen MR) is 62.3 cm³/mol. The smallest absolute Gasteiger partial charge is 0.250 e. The van der Waals surface area contributed by atoms with Crippen molar-refractivity contribution in [2.24, 2.45) is 4.99 Å². The molecule has 0 aliphatic carbocycles. The van der Waals surface area contributed by atoms with Crippen LogP contribution in [0.1, 0.15) is 27.7 Å². The molecule has 0 fully saturated rings. The van der Waals surface area contributed by atoms with E-state index in [-0.39, 0.29) is 0 Å². The molecule has 0 aliphatic heterocycles. The maximum Gasteiger partial charge on any atom is 0.250 e. The minimum absolute atomic E-state index is 0.428. The highest BCUT2D eigenvalue weighted by atomic mass is 15.2. The molecule has 1 aromatic heterocycles. The number of rotatable bonds is 4. The molecule has 0 atom stereocenters. The molecule has 4 heteroatoms. The zero-order chi connectivity index (χ0) is 11.3.